The van der Waals surface area contributed by atoms with Gasteiger partial charge in [0.1, 0.15) is 35.5 Å². The normalized spacial score (nSPS) is 25.7. The zero-order chi connectivity index (χ0) is 28.6. The highest BCUT2D eigenvalue weighted by Gasteiger charge is 2.50. The molecule has 9 nitrogen and oxygen atoms in total. The van der Waals surface area contributed by atoms with Crippen molar-refractivity contribution in [3.05, 3.63) is 64.8 Å². The monoisotopic (exact) mass is 597 g/mol. The molecule has 4 unspecified atom stereocenters. The Morgan fingerprint density at radius 3 is 2.52 bits per heavy atom. The number of rotatable bonds is 8. The van der Waals surface area contributed by atoms with E-state index in [1.807, 2.05) is 0 Å². The predicted octanol–water partition coefficient (Wildman–Crippen LogP) is 3.87. The minimum absolute atomic E-state index is 0.00346. The van der Waals surface area contributed by atoms with Gasteiger partial charge >= 0.3 is 0 Å². The molecule has 0 aliphatic carbocycles. The lowest BCUT2D eigenvalue weighted by Crippen LogP contribution is -2.58. The fraction of sp³-hybridized carbons (Fsp3) is 0.423. The van der Waals surface area contributed by atoms with E-state index in [4.69, 9.17) is 25.8 Å². The van der Waals surface area contributed by atoms with Gasteiger partial charge in [0.2, 0.25) is 0 Å². The van der Waals surface area contributed by atoms with Gasteiger partial charge in [0.25, 0.3) is 0 Å². The first-order chi connectivity index (χ1) is 19.2. The number of pyridine rings is 1. The van der Waals surface area contributed by atoms with E-state index in [1.165, 1.54) is 36.9 Å². The van der Waals surface area contributed by atoms with Gasteiger partial charge in [-0.15, -0.1) is 5.10 Å². The average Bonchev–Trinajstić information content (AvgIpc) is 3.64. The second kappa shape index (κ2) is 12.1. The molecule has 0 amide bonds. The van der Waals surface area contributed by atoms with E-state index in [1.54, 1.807) is 19.2 Å². The summed E-state index contributed by atoms with van der Waals surface area (Å²) < 4.78 is 60.9. The molecule has 0 spiro atoms. The van der Waals surface area contributed by atoms with Crippen molar-refractivity contribution in [2.24, 2.45) is 0 Å². The van der Waals surface area contributed by atoms with Gasteiger partial charge in [-0.25, -0.2) is 17.9 Å². The van der Waals surface area contributed by atoms with Crippen LogP contribution in [-0.4, -0.2) is 82.2 Å². The highest BCUT2D eigenvalue weighted by atomic mass is 35.5. The molecule has 1 fully saturated rings. The highest BCUT2D eigenvalue weighted by Crippen LogP contribution is 2.43. The highest BCUT2D eigenvalue weighted by molar-refractivity contribution is 7.99. The first-order valence-electron chi connectivity index (χ1n) is 12.4. The molecule has 0 saturated carbocycles. The first-order valence-corrected chi connectivity index (χ1v) is 13.7. The Kier molecular flexibility index (Phi) is 8.80. The molecule has 14 heteroatoms. The van der Waals surface area contributed by atoms with E-state index in [0.717, 1.165) is 34.8 Å². The summed E-state index contributed by atoms with van der Waals surface area (Å²) in [6.45, 7) is 2.96. The van der Waals surface area contributed by atoms with E-state index >= 15 is 0 Å². The zero-order valence-corrected chi connectivity index (χ0v) is 23.3. The number of nitrogens with zero attached hydrogens (tertiary/aromatic N) is 4. The number of methoxy groups -OCH3 is 2. The molecule has 2 aromatic heterocycles. The molecule has 3 aromatic rings. The summed E-state index contributed by atoms with van der Waals surface area (Å²) >= 11 is 7.65. The number of aliphatic hydroxyl groups excluding tert-OH is 1. The van der Waals surface area contributed by atoms with Crippen LogP contribution in [0.2, 0.25) is 5.02 Å². The molecule has 2 aliphatic rings. The Hall–Kier alpha value is -2.52. The number of hydrogen-bond donors (Lipinski definition) is 2. The maximum atomic E-state index is 13.9. The lowest BCUT2D eigenvalue weighted by atomic mass is 9.94. The van der Waals surface area contributed by atoms with Gasteiger partial charge in [0, 0.05) is 44.0 Å². The maximum Gasteiger partial charge on any atom is 0.194 e. The molecule has 1 aromatic carbocycles. The van der Waals surface area contributed by atoms with E-state index < -0.39 is 53.3 Å². The molecule has 0 bridgehead atoms. The molecule has 2 aliphatic heterocycles. The molecule has 214 valence electrons. The predicted molar refractivity (Wildman–Crippen MR) is 142 cm³/mol. The number of aliphatic hydroxyl groups is 1. The molecule has 5 rings (SSSR count). The SMILES string of the molecule is COC1C(n2cc(-c3cc(F)c(F)c(F)c3)nn2)[C@@H](OC)C(C(C)O)O[C@@H]1Sc1cc(Cl)cnc1C1=CCNC1. The van der Waals surface area contributed by atoms with Crippen molar-refractivity contribution in [2.45, 2.75) is 47.7 Å². The lowest BCUT2D eigenvalue weighted by molar-refractivity contribution is -0.208. The van der Waals surface area contributed by atoms with Crippen LogP contribution in [0.25, 0.3) is 16.8 Å². The number of halogens is 4. The topological polar surface area (TPSA) is 104 Å². The zero-order valence-electron chi connectivity index (χ0n) is 21.7. The smallest absolute Gasteiger partial charge is 0.194 e. The average molecular weight is 598 g/mol. The second-order valence-corrected chi connectivity index (χ2v) is 11.0. The van der Waals surface area contributed by atoms with Crippen molar-refractivity contribution in [3.8, 4) is 11.3 Å². The third kappa shape index (κ3) is 5.64. The number of ether oxygens (including phenoxy) is 3. The Morgan fingerprint density at radius 1 is 1.18 bits per heavy atom. The Balaban J connectivity index is 1.53. The van der Waals surface area contributed by atoms with Crippen LogP contribution in [0.5, 0.6) is 0 Å². The van der Waals surface area contributed by atoms with E-state index in [9.17, 15) is 18.3 Å². The van der Waals surface area contributed by atoms with E-state index in [-0.39, 0.29) is 11.3 Å². The van der Waals surface area contributed by atoms with Crippen molar-refractivity contribution >= 4 is 28.9 Å². The van der Waals surface area contributed by atoms with Crippen LogP contribution in [0.1, 0.15) is 18.7 Å². The van der Waals surface area contributed by atoms with Crippen LogP contribution in [0, 0.1) is 17.5 Å². The molecule has 6 atom stereocenters. The van der Waals surface area contributed by atoms with Gasteiger partial charge in [-0.1, -0.05) is 34.7 Å². The molecule has 1 saturated heterocycles. The summed E-state index contributed by atoms with van der Waals surface area (Å²) in [5.74, 6) is -4.26. The maximum absolute atomic E-state index is 13.9. The minimum atomic E-state index is -1.57. The standard InChI is InChI=1S/C26H27ClF3N5O4S/c1-12(36)23-24(37-2)22(35-11-18(33-34-35)14-6-16(28)20(30)17(29)7-14)25(38-3)26(39-23)40-19-8-15(27)10-32-21(19)13-4-5-31-9-13/h4,6-8,10-12,22-26,31,36H,5,9H2,1-3H3/t12?,22?,23?,24-,25?,26-/m1/s1. The third-order valence-corrected chi connectivity index (χ3v) is 8.23. The number of thioether (sulfide) groups is 1. The Labute approximate surface area is 237 Å². The van der Waals surface area contributed by atoms with Crippen molar-refractivity contribution < 1.29 is 32.5 Å². The van der Waals surface area contributed by atoms with Gasteiger partial charge in [-0.2, -0.15) is 0 Å². The molecule has 2 N–H and O–H groups in total. The first kappa shape index (κ1) is 29.0. The van der Waals surface area contributed by atoms with Gasteiger partial charge in [0.05, 0.1) is 23.0 Å². The van der Waals surface area contributed by atoms with Gasteiger partial charge in [-0.3, -0.25) is 4.98 Å². The largest absolute Gasteiger partial charge is 0.391 e. The number of benzene rings is 1. The summed E-state index contributed by atoms with van der Waals surface area (Å²) in [5.41, 5.74) is 1.18. The lowest BCUT2D eigenvalue weighted by Gasteiger charge is -2.46. The second-order valence-electron chi connectivity index (χ2n) is 9.42. The molecular formula is C26H27ClF3N5O4S. The van der Waals surface area contributed by atoms with Gasteiger partial charge in [0.15, 0.2) is 17.5 Å². The number of aromatic nitrogens is 4. The van der Waals surface area contributed by atoms with E-state index in [2.05, 4.69) is 26.7 Å². The summed E-state index contributed by atoms with van der Waals surface area (Å²) in [6, 6.07) is 2.79. The summed E-state index contributed by atoms with van der Waals surface area (Å²) in [7, 11) is 2.98. The van der Waals surface area contributed by atoms with Crippen LogP contribution in [0.3, 0.4) is 0 Å². The van der Waals surface area contributed by atoms with Crippen molar-refractivity contribution in [1.82, 2.24) is 25.3 Å². The summed E-state index contributed by atoms with van der Waals surface area (Å²) in [6.07, 6.45) is 1.88. The van der Waals surface area contributed by atoms with Crippen LogP contribution in [0.4, 0.5) is 13.2 Å². The fourth-order valence-corrected chi connectivity index (χ4v) is 6.50. The van der Waals surface area contributed by atoms with E-state index in [0.29, 0.717) is 11.6 Å². The number of nitrogens with one attached hydrogen (secondary N) is 1. The van der Waals surface area contributed by atoms with Crippen LogP contribution in [0.15, 0.2) is 41.6 Å². The quantitative estimate of drug-likeness (QED) is 0.375. The van der Waals surface area contributed by atoms with Crippen LogP contribution in [-0.2, 0) is 14.2 Å². The fourth-order valence-electron chi connectivity index (χ4n) is 4.95. The van der Waals surface area contributed by atoms with Crippen molar-refractivity contribution in [3.63, 3.8) is 0 Å². The van der Waals surface area contributed by atoms with Gasteiger partial charge < -0.3 is 24.6 Å². The Morgan fingerprint density at radius 2 is 1.90 bits per heavy atom. The van der Waals surface area contributed by atoms with Crippen LogP contribution < -0.4 is 5.32 Å². The van der Waals surface area contributed by atoms with Crippen molar-refractivity contribution in [1.29, 1.82) is 0 Å². The molecule has 4 heterocycles. The summed E-state index contributed by atoms with van der Waals surface area (Å²) in [4.78, 5) is 5.30. The molecular weight excluding hydrogens is 571 g/mol. The van der Waals surface area contributed by atoms with Crippen LogP contribution >= 0.6 is 23.4 Å². The van der Waals surface area contributed by atoms with Crippen molar-refractivity contribution in [2.75, 3.05) is 27.3 Å². The third-order valence-electron chi connectivity index (χ3n) is 6.85. The number of hydrogen-bond acceptors (Lipinski definition) is 9. The van der Waals surface area contributed by atoms with Gasteiger partial charge in [-0.05, 0) is 30.7 Å². The Bertz CT molecular complexity index is 1390. The minimum Gasteiger partial charge on any atom is -0.391 e. The summed E-state index contributed by atoms with van der Waals surface area (Å²) in [5, 5.41) is 22.6. The molecule has 40 heavy (non-hydrogen) atoms. The molecule has 0 radical (unpaired) electrons.